The molecule has 1 aromatic carbocycles. The third-order valence-corrected chi connectivity index (χ3v) is 7.19. The second-order valence-corrected chi connectivity index (χ2v) is 9.06. The SMILES string of the molecule is COc1cnc2ccc(-c3[nH]nc4nc(N5[C@@H]6CC[C@H]5[C@@H](F)[C@@H](N)C6)c(CO)nc34)c(Cl)c2n1. The molecule has 34 heavy (non-hydrogen) atoms. The highest BCUT2D eigenvalue weighted by Gasteiger charge is 2.48. The number of benzene rings is 1. The number of aliphatic hydroxyl groups is 1. The Hall–Kier alpha value is -3.15. The van der Waals surface area contributed by atoms with Crippen LogP contribution in [0.2, 0.25) is 5.02 Å². The molecule has 0 aliphatic carbocycles. The first-order valence-electron chi connectivity index (χ1n) is 11.0. The van der Waals surface area contributed by atoms with Crippen LogP contribution in [0, 0.1) is 0 Å². The average molecular weight is 485 g/mol. The quantitative estimate of drug-likeness (QED) is 0.398. The molecule has 2 fully saturated rings. The Kier molecular flexibility index (Phi) is 5.01. The van der Waals surface area contributed by atoms with E-state index in [9.17, 15) is 9.50 Å². The van der Waals surface area contributed by atoms with E-state index in [0.717, 1.165) is 6.42 Å². The molecule has 0 radical (unpaired) electrons. The van der Waals surface area contributed by atoms with E-state index in [1.165, 1.54) is 13.3 Å². The molecule has 0 unspecified atom stereocenters. The Bertz CT molecular complexity index is 1410. The minimum Gasteiger partial charge on any atom is -0.480 e. The zero-order valence-electron chi connectivity index (χ0n) is 18.2. The molecule has 3 aromatic heterocycles. The number of aliphatic hydroxyl groups excluding tert-OH is 1. The number of halogens is 2. The molecule has 0 amide bonds. The van der Waals surface area contributed by atoms with Gasteiger partial charge in [-0.05, 0) is 31.4 Å². The zero-order valence-corrected chi connectivity index (χ0v) is 19.0. The van der Waals surface area contributed by atoms with Crippen molar-refractivity contribution in [2.75, 3.05) is 12.0 Å². The maximum absolute atomic E-state index is 14.9. The standard InChI is InChI=1S/C22H22ClFN8O2/c1-34-15-7-26-12-4-3-10(16(23)19(12)28-15)18-20-21(31-30-18)29-22(13(8-33)27-20)32-9-2-5-14(32)17(24)11(25)6-9/h3-4,7,9,11,14,17,33H,2,5-6,8,25H2,1H3,(H,29,30,31)/t9-,11+,14+,17+/m1/s1. The number of nitrogens with zero attached hydrogens (tertiary/aromatic N) is 6. The first-order chi connectivity index (χ1) is 16.5. The summed E-state index contributed by atoms with van der Waals surface area (Å²) in [5, 5.41) is 17.8. The minimum atomic E-state index is -1.16. The van der Waals surface area contributed by atoms with Gasteiger partial charge < -0.3 is 20.5 Å². The van der Waals surface area contributed by atoms with Gasteiger partial charge >= 0.3 is 0 Å². The van der Waals surface area contributed by atoms with Crippen LogP contribution in [-0.4, -0.2) is 66.6 Å². The van der Waals surface area contributed by atoms with E-state index in [1.807, 2.05) is 4.90 Å². The molecule has 2 aliphatic rings. The van der Waals surface area contributed by atoms with Crippen LogP contribution >= 0.6 is 11.6 Å². The number of rotatable bonds is 4. The van der Waals surface area contributed by atoms with Gasteiger partial charge in [-0.15, -0.1) is 0 Å². The van der Waals surface area contributed by atoms with Crippen molar-refractivity contribution in [2.45, 2.75) is 50.2 Å². The van der Waals surface area contributed by atoms with Crippen molar-refractivity contribution in [1.82, 2.24) is 30.1 Å². The van der Waals surface area contributed by atoms with Gasteiger partial charge in [0.2, 0.25) is 11.5 Å². The van der Waals surface area contributed by atoms with Gasteiger partial charge in [-0.25, -0.2) is 24.3 Å². The summed E-state index contributed by atoms with van der Waals surface area (Å²) in [7, 11) is 1.51. The molecule has 5 heterocycles. The molecular weight excluding hydrogens is 463 g/mol. The maximum atomic E-state index is 14.9. The van der Waals surface area contributed by atoms with Crippen LogP contribution in [0.5, 0.6) is 5.88 Å². The first kappa shape index (κ1) is 21.4. The highest BCUT2D eigenvalue weighted by atomic mass is 35.5. The number of anilines is 1. The van der Waals surface area contributed by atoms with E-state index < -0.39 is 12.2 Å². The lowest BCUT2D eigenvalue weighted by Gasteiger charge is -2.41. The van der Waals surface area contributed by atoms with Crippen molar-refractivity contribution in [3.05, 3.63) is 29.0 Å². The second kappa shape index (κ2) is 7.97. The average Bonchev–Trinajstić information content (AvgIpc) is 3.42. The van der Waals surface area contributed by atoms with Gasteiger partial charge in [-0.1, -0.05) is 11.6 Å². The van der Waals surface area contributed by atoms with Crippen LogP contribution in [0.25, 0.3) is 33.5 Å². The van der Waals surface area contributed by atoms with E-state index in [0.29, 0.717) is 68.7 Å². The molecule has 10 nitrogen and oxygen atoms in total. The fourth-order valence-electron chi connectivity index (χ4n) is 5.20. The van der Waals surface area contributed by atoms with Crippen LogP contribution in [0.3, 0.4) is 0 Å². The molecule has 12 heteroatoms. The van der Waals surface area contributed by atoms with E-state index in [1.54, 1.807) is 12.1 Å². The number of methoxy groups -OCH3 is 1. The predicted molar refractivity (Wildman–Crippen MR) is 124 cm³/mol. The van der Waals surface area contributed by atoms with Crippen LogP contribution in [0.1, 0.15) is 25.0 Å². The number of alkyl halides is 1. The number of H-pyrrole nitrogens is 1. The third-order valence-electron chi connectivity index (χ3n) is 6.81. The van der Waals surface area contributed by atoms with Gasteiger partial charge in [-0.2, -0.15) is 5.10 Å². The van der Waals surface area contributed by atoms with E-state index in [4.69, 9.17) is 27.1 Å². The number of nitrogens with one attached hydrogen (secondary N) is 1. The summed E-state index contributed by atoms with van der Waals surface area (Å²) >= 11 is 6.70. The highest BCUT2D eigenvalue weighted by molar-refractivity contribution is 6.38. The Morgan fingerprint density at radius 1 is 1.26 bits per heavy atom. The van der Waals surface area contributed by atoms with Crippen LogP contribution < -0.4 is 15.4 Å². The summed E-state index contributed by atoms with van der Waals surface area (Å²) in [6, 6.07) is 2.78. The Morgan fingerprint density at radius 3 is 2.91 bits per heavy atom. The Morgan fingerprint density at radius 2 is 2.12 bits per heavy atom. The molecule has 4 N–H and O–H groups in total. The van der Waals surface area contributed by atoms with Crippen LogP contribution in [0.15, 0.2) is 18.3 Å². The highest BCUT2D eigenvalue weighted by Crippen LogP contribution is 2.42. The van der Waals surface area contributed by atoms with Gasteiger partial charge in [0.15, 0.2) is 5.82 Å². The van der Waals surface area contributed by atoms with Crippen molar-refractivity contribution in [2.24, 2.45) is 5.73 Å². The van der Waals surface area contributed by atoms with Gasteiger partial charge in [0.05, 0.1) is 42.2 Å². The summed E-state index contributed by atoms with van der Waals surface area (Å²) in [6.45, 7) is -0.351. The summed E-state index contributed by atoms with van der Waals surface area (Å²) < 4.78 is 20.0. The maximum Gasteiger partial charge on any atom is 0.232 e. The van der Waals surface area contributed by atoms with Gasteiger partial charge in [0.25, 0.3) is 0 Å². The predicted octanol–water partition coefficient (Wildman–Crippen LogP) is 2.52. The van der Waals surface area contributed by atoms with E-state index in [2.05, 4.69) is 25.1 Å². The number of aromatic nitrogens is 6. The number of hydrogen-bond donors (Lipinski definition) is 3. The summed E-state index contributed by atoms with van der Waals surface area (Å²) in [4.78, 5) is 20.0. The van der Waals surface area contributed by atoms with E-state index >= 15 is 0 Å². The molecule has 2 saturated heterocycles. The second-order valence-electron chi connectivity index (χ2n) is 8.68. The molecule has 2 bridgehead atoms. The normalized spacial score (nSPS) is 24.3. The first-order valence-corrected chi connectivity index (χ1v) is 11.4. The topological polar surface area (TPSA) is 139 Å². The van der Waals surface area contributed by atoms with Gasteiger partial charge in [-0.3, -0.25) is 5.10 Å². The van der Waals surface area contributed by atoms with Crippen molar-refractivity contribution in [3.63, 3.8) is 0 Å². The van der Waals surface area contributed by atoms with Gasteiger partial charge in [0.1, 0.15) is 22.9 Å². The Balaban J connectivity index is 1.48. The van der Waals surface area contributed by atoms with Crippen LogP contribution in [0.4, 0.5) is 10.2 Å². The molecule has 0 spiro atoms. The number of piperidine rings is 1. The lowest BCUT2D eigenvalue weighted by atomic mass is 9.96. The van der Waals surface area contributed by atoms with Crippen molar-refractivity contribution in [1.29, 1.82) is 0 Å². The monoisotopic (exact) mass is 484 g/mol. The fourth-order valence-corrected chi connectivity index (χ4v) is 5.49. The number of nitrogens with two attached hydrogens (primary N) is 1. The molecule has 4 atom stereocenters. The number of fused-ring (bicyclic) bond motifs is 4. The lowest BCUT2D eigenvalue weighted by molar-refractivity contribution is 0.202. The van der Waals surface area contributed by atoms with Crippen molar-refractivity contribution >= 4 is 39.6 Å². The summed E-state index contributed by atoms with van der Waals surface area (Å²) in [6.07, 6.45) is 2.41. The Labute approximate surface area is 198 Å². The molecule has 2 aliphatic heterocycles. The third kappa shape index (κ3) is 3.11. The van der Waals surface area contributed by atoms with Crippen LogP contribution in [-0.2, 0) is 6.61 Å². The number of ether oxygens (including phenoxy) is 1. The minimum absolute atomic E-state index is 0.0611. The van der Waals surface area contributed by atoms with E-state index in [-0.39, 0.29) is 18.7 Å². The van der Waals surface area contributed by atoms with Crippen molar-refractivity contribution in [3.8, 4) is 17.1 Å². The number of aromatic amines is 1. The van der Waals surface area contributed by atoms with Gasteiger partial charge in [0, 0.05) is 17.6 Å². The fraction of sp³-hybridized carbons (Fsp3) is 0.409. The molecular formula is C22H22ClFN8O2. The molecule has 176 valence electrons. The molecule has 6 rings (SSSR count). The smallest absolute Gasteiger partial charge is 0.232 e. The van der Waals surface area contributed by atoms with Crippen molar-refractivity contribution < 1.29 is 14.2 Å². The molecule has 4 aromatic rings. The molecule has 0 saturated carbocycles. The summed E-state index contributed by atoms with van der Waals surface area (Å²) in [5.41, 5.74) is 9.39. The largest absolute Gasteiger partial charge is 0.480 e. The lowest BCUT2D eigenvalue weighted by Crippen LogP contribution is -2.56. The zero-order chi connectivity index (χ0) is 23.6. The summed E-state index contributed by atoms with van der Waals surface area (Å²) in [5.74, 6) is 0.797. The number of hydrogen-bond acceptors (Lipinski definition) is 9.